The van der Waals surface area contributed by atoms with Crippen molar-refractivity contribution in [1.29, 1.82) is 0 Å². The van der Waals surface area contributed by atoms with E-state index in [0.717, 1.165) is 12.8 Å². The highest BCUT2D eigenvalue weighted by Crippen LogP contribution is 2.27. The van der Waals surface area contributed by atoms with Crippen LogP contribution in [-0.2, 0) is 57.5 Å². The highest BCUT2D eigenvalue weighted by molar-refractivity contribution is 7.99. The average molecular weight is 1510 g/mol. The van der Waals surface area contributed by atoms with Gasteiger partial charge in [-0.3, -0.25) is 57.5 Å². The van der Waals surface area contributed by atoms with Crippen molar-refractivity contribution in [3.05, 3.63) is 47.0 Å². The van der Waals surface area contributed by atoms with E-state index in [4.69, 9.17) is 4.74 Å². The SMILES string of the molecule is CC[C@@H]1NC(=O)[C@H](C[C@H](C)CCCCCCNC(=O)c2ccc(C(=O)OC)cc2)N(C)C(=O)[C@H](C(C)C)N(C)C(=O)[C@H](CC(C)C)N(C)C(=O)[C@@H](C=C(C)C)N(C)C(=O)[C@H](C)NC(=O)[C@@H](C)NC(=O)[C@@H](CC(C)C)N(C)C(=O)[C@@H](C(C)C)NC(=O)[C@H](CC(C)C)N(C)C(=O)[C@@H](CSCCCCO)N(C)C1=O. The van der Waals surface area contributed by atoms with Crippen LogP contribution in [0.15, 0.2) is 35.9 Å². The number of aliphatic hydroxyl groups is 1. The molecule has 106 heavy (non-hydrogen) atoms. The van der Waals surface area contributed by atoms with E-state index in [1.807, 2.05) is 48.5 Å². The Balaban J connectivity index is 2.98. The number of ether oxygens (including phenoxy) is 1. The normalized spacial score (nSPS) is 24.0. The van der Waals surface area contributed by atoms with Crippen molar-refractivity contribution in [3.8, 4) is 0 Å². The lowest BCUT2D eigenvalue weighted by molar-refractivity contribution is -0.155. The smallest absolute Gasteiger partial charge is 0.337 e. The zero-order valence-corrected chi connectivity index (χ0v) is 69.0. The molecule has 1 heterocycles. The van der Waals surface area contributed by atoms with Gasteiger partial charge in [-0.1, -0.05) is 120 Å². The molecule has 1 aromatic carbocycles. The maximum absolute atomic E-state index is 15.6. The molecule has 28 heteroatoms. The fraction of sp³-hybridized carbons (Fsp3) is 0.731. The first-order valence-electron chi connectivity index (χ1n) is 37.9. The van der Waals surface area contributed by atoms with Gasteiger partial charge in [-0.2, -0.15) is 11.8 Å². The third-order valence-electron chi connectivity index (χ3n) is 19.6. The molecule has 1 aliphatic rings. The minimum Gasteiger partial charge on any atom is -0.465 e. The van der Waals surface area contributed by atoms with Gasteiger partial charge in [-0.05, 0) is 145 Å². The Kier molecular flexibility index (Phi) is 40.9. The van der Waals surface area contributed by atoms with Crippen molar-refractivity contribution in [3.63, 3.8) is 0 Å². The number of esters is 1. The molecular weight excluding hydrogens is 1380 g/mol. The fourth-order valence-electron chi connectivity index (χ4n) is 13.0. The number of nitrogens with zero attached hydrogens (tertiary/aromatic N) is 7. The van der Waals surface area contributed by atoms with Gasteiger partial charge in [0, 0.05) is 73.8 Å². The molecule has 0 unspecified atom stereocenters. The summed E-state index contributed by atoms with van der Waals surface area (Å²) in [7, 11) is 11.5. The summed E-state index contributed by atoms with van der Waals surface area (Å²) >= 11 is 1.37. The number of likely N-dealkylation sites (N-methyl/N-ethyl adjacent to an activating group) is 7. The number of unbranched alkanes of at least 4 members (excludes halogenated alkanes) is 4. The van der Waals surface area contributed by atoms with E-state index in [9.17, 15) is 38.7 Å². The van der Waals surface area contributed by atoms with E-state index in [2.05, 4.69) is 26.6 Å². The van der Waals surface area contributed by atoms with Crippen LogP contribution in [0.1, 0.15) is 209 Å². The zero-order chi connectivity index (χ0) is 80.9. The third kappa shape index (κ3) is 28.5. The van der Waals surface area contributed by atoms with Gasteiger partial charge in [0.25, 0.3) is 5.91 Å². The minimum absolute atomic E-state index is 0.0370. The van der Waals surface area contributed by atoms with Crippen LogP contribution in [-0.4, -0.2) is 264 Å². The van der Waals surface area contributed by atoms with E-state index >= 15 is 28.8 Å². The quantitative estimate of drug-likeness (QED) is 0.0320. The molecule has 600 valence electrons. The number of benzene rings is 1. The number of amides is 12. The fourth-order valence-corrected chi connectivity index (χ4v) is 14.2. The van der Waals surface area contributed by atoms with Crippen LogP contribution in [0.25, 0.3) is 0 Å². The highest BCUT2D eigenvalue weighted by Gasteiger charge is 2.45. The lowest BCUT2D eigenvalue weighted by Gasteiger charge is -2.40. The first-order chi connectivity index (χ1) is 49.5. The van der Waals surface area contributed by atoms with Crippen LogP contribution in [0, 0.1) is 35.5 Å². The van der Waals surface area contributed by atoms with E-state index < -0.39 is 149 Å². The number of methoxy groups -OCH3 is 1. The number of hydrogen-bond donors (Lipinski definition) is 6. The number of thioether (sulfide) groups is 1. The molecule has 27 nitrogen and oxygen atoms in total. The monoisotopic (exact) mass is 1510 g/mol. The van der Waals surface area contributed by atoms with Gasteiger partial charge in [0.1, 0.15) is 66.5 Å². The molecule has 6 N–H and O–H groups in total. The van der Waals surface area contributed by atoms with E-state index in [1.54, 1.807) is 66.7 Å². The van der Waals surface area contributed by atoms with Gasteiger partial charge in [0.15, 0.2) is 0 Å². The Labute approximate surface area is 636 Å². The summed E-state index contributed by atoms with van der Waals surface area (Å²) in [6.45, 7) is 28.6. The summed E-state index contributed by atoms with van der Waals surface area (Å²) in [5, 5.41) is 23.9. The lowest BCUT2D eigenvalue weighted by Crippen LogP contribution is -2.62. The van der Waals surface area contributed by atoms with E-state index in [1.165, 1.54) is 128 Å². The van der Waals surface area contributed by atoms with Gasteiger partial charge in [0.2, 0.25) is 65.0 Å². The Bertz CT molecular complexity index is 3120. The number of carbonyl (C=O) groups is 13. The average Bonchev–Trinajstić information content (AvgIpc) is 0.804. The number of hydrogen-bond acceptors (Lipinski definition) is 16. The summed E-state index contributed by atoms with van der Waals surface area (Å²) < 4.78 is 4.76. The van der Waals surface area contributed by atoms with Gasteiger partial charge >= 0.3 is 5.97 Å². The van der Waals surface area contributed by atoms with Crippen LogP contribution < -0.4 is 26.6 Å². The zero-order valence-electron chi connectivity index (χ0n) is 68.2. The Morgan fingerprint density at radius 1 is 0.509 bits per heavy atom. The summed E-state index contributed by atoms with van der Waals surface area (Å²) in [6.07, 6.45) is 6.70. The lowest BCUT2D eigenvalue weighted by atomic mass is 9.92. The van der Waals surface area contributed by atoms with Crippen molar-refractivity contribution in [2.45, 2.75) is 254 Å². The predicted octanol–water partition coefficient (Wildman–Crippen LogP) is 6.29. The molecule has 2 rings (SSSR count). The second-order valence-electron chi connectivity index (χ2n) is 31.0. The molecular formula is C78H132N12O15S. The first kappa shape index (κ1) is 94.5. The minimum atomic E-state index is -1.31. The summed E-state index contributed by atoms with van der Waals surface area (Å²) in [5.74, 6) is -9.33. The predicted molar refractivity (Wildman–Crippen MR) is 413 cm³/mol. The van der Waals surface area contributed by atoms with Crippen LogP contribution >= 0.6 is 11.8 Å². The molecule has 0 radical (unpaired) electrons. The molecule has 12 amide bonds. The number of allylic oxidation sites excluding steroid dienone is 1. The number of nitrogens with one attached hydrogen (secondary N) is 5. The maximum Gasteiger partial charge on any atom is 0.337 e. The molecule has 0 aromatic heterocycles. The summed E-state index contributed by atoms with van der Waals surface area (Å²) in [5.41, 5.74) is 1.36. The van der Waals surface area contributed by atoms with Gasteiger partial charge in [-0.15, -0.1) is 0 Å². The second-order valence-corrected chi connectivity index (χ2v) is 32.2. The topological polar surface area (TPSA) is 334 Å². The Morgan fingerprint density at radius 3 is 1.50 bits per heavy atom. The van der Waals surface area contributed by atoms with Crippen molar-refractivity contribution in [2.75, 3.05) is 81.1 Å². The van der Waals surface area contributed by atoms with Crippen LogP contribution in [0.4, 0.5) is 0 Å². The second kappa shape index (κ2) is 45.9. The molecule has 0 aliphatic carbocycles. The molecule has 1 aromatic rings. The van der Waals surface area contributed by atoms with Crippen molar-refractivity contribution in [2.24, 2.45) is 35.5 Å². The highest BCUT2D eigenvalue weighted by atomic mass is 32.2. The number of carbonyl (C=O) groups excluding carboxylic acids is 13. The van der Waals surface area contributed by atoms with Crippen molar-refractivity contribution < 1.29 is 72.2 Å². The standard InChI is InChI=1S/C78H132N12O15S/c1-25-57-72(98)89(22)63(45-106-39-31-30-38-91)75(101)84(17)59(41-47(4)5)70(96)83-64(50(10)11)76(102)85(18)58(40-46(2)3)68(94)80-53(15)66(92)81-54(16)71(97)87(20)61(42-48(6)7)73(99)88(21)62(43-49(8)9)74(100)90(23)65(51(12)13)77(103)86(19)60(69(95)82-57)44-52(14)32-28-26-27-29-37-79-67(93)55-33-35-56(36-34-55)78(104)105-24/h33-36,42,46-47,49-54,57-65,91H,25-32,37-41,43-45H2,1-24H3,(H,79,93)(H,80,94)(H,81,92)(H,82,95)(H,83,96)/t52-,53-,54+,57+,58-,59+,60+,61-,62+,63-,64-,65+/m1/s1. The molecule has 12 atom stereocenters. The molecule has 0 saturated carbocycles. The van der Waals surface area contributed by atoms with Gasteiger partial charge in [-0.25, -0.2) is 4.79 Å². The van der Waals surface area contributed by atoms with E-state index in [-0.39, 0.29) is 74.0 Å². The molecule has 0 spiro atoms. The van der Waals surface area contributed by atoms with Crippen LogP contribution in [0.5, 0.6) is 0 Å². The Morgan fingerprint density at radius 2 is 0.981 bits per heavy atom. The summed E-state index contributed by atoms with van der Waals surface area (Å²) in [6, 6.07) is -7.40. The first-order valence-corrected chi connectivity index (χ1v) is 39.1. The van der Waals surface area contributed by atoms with Crippen molar-refractivity contribution in [1.82, 2.24) is 60.9 Å². The largest absolute Gasteiger partial charge is 0.465 e. The molecule has 1 fully saturated rings. The number of rotatable bonds is 27. The van der Waals surface area contributed by atoms with Crippen molar-refractivity contribution >= 4 is 88.6 Å². The number of aliphatic hydroxyl groups excluding tert-OH is 1. The van der Waals surface area contributed by atoms with Gasteiger partial charge in [0.05, 0.1) is 12.7 Å². The van der Waals surface area contributed by atoms with Crippen LogP contribution in [0.2, 0.25) is 0 Å². The molecule has 1 saturated heterocycles. The molecule has 0 bridgehead atoms. The summed E-state index contributed by atoms with van der Waals surface area (Å²) in [4.78, 5) is 199. The Hall–Kier alpha value is -7.62. The third-order valence-corrected chi connectivity index (χ3v) is 20.7. The maximum atomic E-state index is 15.6. The van der Waals surface area contributed by atoms with E-state index in [0.29, 0.717) is 61.1 Å². The van der Waals surface area contributed by atoms with Crippen LogP contribution in [0.3, 0.4) is 0 Å². The molecule has 1 aliphatic heterocycles. The van der Waals surface area contributed by atoms with Gasteiger partial charge < -0.3 is 70.7 Å².